The van der Waals surface area contributed by atoms with Crippen LogP contribution in [0.25, 0.3) is 11.1 Å². The molecule has 2 aromatic carbocycles. The van der Waals surface area contributed by atoms with E-state index >= 15 is 0 Å². The zero-order valence-corrected chi connectivity index (χ0v) is 17.4. The van der Waals surface area contributed by atoms with Crippen molar-refractivity contribution in [2.24, 2.45) is 0 Å². The number of hydrogen-bond donors (Lipinski definition) is 1. The Kier molecular flexibility index (Phi) is 4.38. The number of hydrogen-bond acceptors (Lipinski definition) is 6. The van der Waals surface area contributed by atoms with Crippen LogP contribution in [0.15, 0.2) is 40.8 Å². The highest BCUT2D eigenvalue weighted by Crippen LogP contribution is 2.43. The van der Waals surface area contributed by atoms with Crippen LogP contribution in [0.3, 0.4) is 0 Å². The molecule has 4 heterocycles. The summed E-state index contributed by atoms with van der Waals surface area (Å²) < 4.78 is 17.2. The van der Waals surface area contributed by atoms with E-state index < -0.39 is 0 Å². The van der Waals surface area contributed by atoms with Gasteiger partial charge in [0.25, 0.3) is 11.9 Å². The van der Waals surface area contributed by atoms with E-state index in [4.69, 9.17) is 18.9 Å². The highest BCUT2D eigenvalue weighted by atomic mass is 16.5. The van der Waals surface area contributed by atoms with E-state index in [1.54, 1.807) is 0 Å². The smallest absolute Gasteiger partial charge is 0.298 e. The molecule has 3 aliphatic heterocycles. The summed E-state index contributed by atoms with van der Waals surface area (Å²) in [6.45, 7) is 3.28. The fourth-order valence-corrected chi connectivity index (χ4v) is 4.92. The van der Waals surface area contributed by atoms with Crippen LogP contribution in [-0.2, 0) is 11.2 Å². The molecule has 3 aromatic rings. The maximum absolute atomic E-state index is 12.8. The van der Waals surface area contributed by atoms with Gasteiger partial charge in [-0.1, -0.05) is 0 Å². The maximum Gasteiger partial charge on any atom is 0.298 e. The molecule has 3 aliphatic rings. The van der Waals surface area contributed by atoms with Crippen molar-refractivity contribution in [3.63, 3.8) is 0 Å². The molecule has 1 spiro atoms. The molecule has 0 unspecified atom stereocenters. The molecule has 0 bridgehead atoms. The second-order valence-corrected chi connectivity index (χ2v) is 8.65. The van der Waals surface area contributed by atoms with Gasteiger partial charge in [-0.15, -0.1) is 0 Å². The van der Waals surface area contributed by atoms with Gasteiger partial charge in [-0.05, 0) is 74.1 Å². The Morgan fingerprint density at radius 3 is 2.81 bits per heavy atom. The number of anilines is 2. The van der Waals surface area contributed by atoms with Crippen molar-refractivity contribution < 1.29 is 18.7 Å². The lowest BCUT2D eigenvalue weighted by Crippen LogP contribution is -2.62. The molecular weight excluding hydrogens is 394 g/mol. The number of fused-ring (bicyclic) bond motifs is 2. The summed E-state index contributed by atoms with van der Waals surface area (Å²) in [4.78, 5) is 19.8. The Balaban J connectivity index is 1.21. The summed E-state index contributed by atoms with van der Waals surface area (Å²) in [5, 5.41) is 2.99. The van der Waals surface area contributed by atoms with Crippen molar-refractivity contribution in [2.45, 2.75) is 37.6 Å². The van der Waals surface area contributed by atoms with Crippen LogP contribution in [-0.4, -0.2) is 42.8 Å². The molecule has 6 rings (SSSR count). The number of carbonyl (C=O) groups excluding carboxylic acids is 1. The number of benzene rings is 2. The van der Waals surface area contributed by atoms with Gasteiger partial charge < -0.3 is 24.1 Å². The maximum atomic E-state index is 12.8. The number of oxazole rings is 1. The third kappa shape index (κ3) is 3.24. The normalized spacial score (nSPS) is 19.5. The minimum absolute atomic E-state index is 0.131. The third-order valence-corrected chi connectivity index (χ3v) is 6.83. The highest BCUT2D eigenvalue weighted by Gasteiger charge is 2.47. The first kappa shape index (κ1) is 18.7. The number of aromatic nitrogens is 1. The van der Waals surface area contributed by atoms with E-state index in [0.29, 0.717) is 17.3 Å². The fraction of sp³-hybridized carbons (Fsp3) is 0.417. The van der Waals surface area contributed by atoms with Crippen molar-refractivity contribution in [1.29, 1.82) is 0 Å². The Morgan fingerprint density at radius 1 is 1.06 bits per heavy atom. The van der Waals surface area contributed by atoms with Gasteiger partial charge in [-0.3, -0.25) is 4.79 Å². The summed E-state index contributed by atoms with van der Waals surface area (Å²) in [7, 11) is 0. The third-order valence-electron chi connectivity index (χ3n) is 6.83. The molecule has 0 saturated carbocycles. The molecule has 0 radical (unpaired) electrons. The van der Waals surface area contributed by atoms with Crippen LogP contribution >= 0.6 is 0 Å². The van der Waals surface area contributed by atoms with Crippen molar-refractivity contribution in [1.82, 2.24) is 4.98 Å². The molecule has 0 atom stereocenters. The van der Waals surface area contributed by atoms with Gasteiger partial charge in [-0.25, -0.2) is 0 Å². The highest BCUT2D eigenvalue weighted by molar-refractivity contribution is 6.05. The predicted octanol–water partition coefficient (Wildman–Crippen LogP) is 4.16. The zero-order chi connectivity index (χ0) is 20.8. The zero-order valence-electron chi connectivity index (χ0n) is 17.4. The van der Waals surface area contributed by atoms with E-state index in [0.717, 1.165) is 80.9 Å². The minimum atomic E-state index is -0.139. The quantitative estimate of drug-likeness (QED) is 0.687. The van der Waals surface area contributed by atoms with Gasteiger partial charge in [-0.2, -0.15) is 4.98 Å². The monoisotopic (exact) mass is 419 g/mol. The van der Waals surface area contributed by atoms with Gasteiger partial charge in [0.15, 0.2) is 5.58 Å². The molecule has 1 N–H and O–H groups in total. The molecule has 31 heavy (non-hydrogen) atoms. The van der Waals surface area contributed by atoms with Crippen molar-refractivity contribution >= 4 is 28.7 Å². The van der Waals surface area contributed by atoms with Gasteiger partial charge >= 0.3 is 0 Å². The fourth-order valence-electron chi connectivity index (χ4n) is 4.92. The Bertz CT molecular complexity index is 1150. The summed E-state index contributed by atoms with van der Waals surface area (Å²) in [6, 6.07) is 11.9. The van der Waals surface area contributed by atoms with Crippen molar-refractivity contribution in [2.75, 3.05) is 36.6 Å². The number of rotatable bonds is 3. The summed E-state index contributed by atoms with van der Waals surface area (Å²) in [6.07, 6.45) is 5.10. The minimum Gasteiger partial charge on any atom is -0.493 e. The predicted molar refractivity (Wildman–Crippen MR) is 117 cm³/mol. The first-order valence-corrected chi connectivity index (χ1v) is 11.0. The summed E-state index contributed by atoms with van der Waals surface area (Å²) in [5.41, 5.74) is 4.04. The molecule has 2 fully saturated rings. The molecule has 1 amide bonds. The van der Waals surface area contributed by atoms with E-state index in [9.17, 15) is 4.79 Å². The second-order valence-electron chi connectivity index (χ2n) is 8.65. The van der Waals surface area contributed by atoms with Crippen LogP contribution in [0.1, 0.15) is 41.6 Å². The number of amides is 1. The van der Waals surface area contributed by atoms with Crippen molar-refractivity contribution in [3.05, 3.63) is 47.5 Å². The first-order chi connectivity index (χ1) is 15.2. The first-order valence-electron chi connectivity index (χ1n) is 11.0. The molecule has 0 aliphatic carbocycles. The van der Waals surface area contributed by atoms with Gasteiger partial charge in [0.1, 0.15) is 11.3 Å². The van der Waals surface area contributed by atoms with E-state index in [1.807, 2.05) is 36.4 Å². The number of nitrogens with one attached hydrogen (secondary N) is 1. The molecule has 2 saturated heterocycles. The Labute approximate surface area is 180 Å². The van der Waals surface area contributed by atoms with Crippen LogP contribution in [0.2, 0.25) is 0 Å². The van der Waals surface area contributed by atoms with Gasteiger partial charge in [0, 0.05) is 31.0 Å². The van der Waals surface area contributed by atoms with Gasteiger partial charge in [0.2, 0.25) is 0 Å². The number of carbonyl (C=O) groups is 1. The average molecular weight is 419 g/mol. The van der Waals surface area contributed by atoms with Crippen LogP contribution in [0, 0.1) is 0 Å². The summed E-state index contributed by atoms with van der Waals surface area (Å²) >= 11 is 0. The standard InChI is InChI=1S/C24H25N3O4/c28-22(17-3-5-20-16(14-17)2-1-11-30-20)25-18-4-6-21-19(15-18)26-23(31-21)27-10-7-24(27)8-12-29-13-9-24/h3-6,14-15H,1-2,7-13H2,(H,25,28). The van der Waals surface area contributed by atoms with Crippen LogP contribution in [0.5, 0.6) is 5.75 Å². The number of ether oxygens (including phenoxy) is 2. The second kappa shape index (κ2) is 7.27. The lowest BCUT2D eigenvalue weighted by atomic mass is 9.78. The molecule has 160 valence electrons. The topological polar surface area (TPSA) is 76.8 Å². The van der Waals surface area contributed by atoms with Crippen molar-refractivity contribution in [3.8, 4) is 5.75 Å². The van der Waals surface area contributed by atoms with E-state index in [1.165, 1.54) is 0 Å². The van der Waals surface area contributed by atoms with Crippen LogP contribution < -0.4 is 15.0 Å². The Morgan fingerprint density at radius 2 is 1.97 bits per heavy atom. The molecular formula is C24H25N3O4. The average Bonchev–Trinajstić information content (AvgIpc) is 3.20. The molecule has 1 aromatic heterocycles. The Hall–Kier alpha value is -3.06. The molecule has 7 heteroatoms. The molecule has 7 nitrogen and oxygen atoms in total. The van der Waals surface area contributed by atoms with E-state index in [-0.39, 0.29) is 11.4 Å². The number of nitrogens with zero attached hydrogens (tertiary/aromatic N) is 2. The van der Waals surface area contributed by atoms with E-state index in [2.05, 4.69) is 10.2 Å². The van der Waals surface area contributed by atoms with Crippen LogP contribution in [0.4, 0.5) is 11.7 Å². The largest absolute Gasteiger partial charge is 0.493 e. The number of aryl methyl sites for hydroxylation is 1. The lowest BCUT2D eigenvalue weighted by Gasteiger charge is -2.53. The van der Waals surface area contributed by atoms with Gasteiger partial charge in [0.05, 0.1) is 12.1 Å². The summed E-state index contributed by atoms with van der Waals surface area (Å²) in [5.74, 6) is 0.744. The SMILES string of the molecule is O=C(Nc1ccc2oc(N3CCC34CCOCC4)nc2c1)c1ccc2c(c1)CCCO2. The lowest BCUT2D eigenvalue weighted by molar-refractivity contribution is 0.0265.